The molecular weight excluding hydrogens is 474 g/mol. The normalized spacial score (nSPS) is 10.5. The molecule has 0 saturated carbocycles. The maximum atomic E-state index is 12.7. The van der Waals surface area contributed by atoms with Crippen molar-refractivity contribution < 1.29 is 28.6 Å². The second kappa shape index (κ2) is 9.07. The fourth-order valence-electron chi connectivity index (χ4n) is 1.76. The third kappa shape index (κ3) is 6.05. The fraction of sp³-hybridized carbons (Fsp3) is 0.375. The van der Waals surface area contributed by atoms with Crippen LogP contribution in [0.3, 0.4) is 0 Å². The van der Waals surface area contributed by atoms with Gasteiger partial charge in [0.15, 0.2) is 0 Å². The third-order valence-electron chi connectivity index (χ3n) is 2.66. The minimum Gasteiger partial charge on any atom is -0.457 e. The number of carbonyl (C=O) groups excluding carboxylic acids is 3. The van der Waals surface area contributed by atoms with Crippen molar-refractivity contribution in [3.05, 3.63) is 32.7 Å². The van der Waals surface area contributed by atoms with Crippen molar-refractivity contribution in [1.82, 2.24) is 0 Å². The largest absolute Gasteiger partial charge is 0.463 e. The van der Waals surface area contributed by atoms with Gasteiger partial charge in [-0.15, -0.1) is 0 Å². The molecule has 0 atom stereocenters. The molecular formula is C16H17Br2N3O5. The van der Waals surface area contributed by atoms with Crippen LogP contribution in [0.5, 0.6) is 0 Å². The first-order valence-corrected chi connectivity index (χ1v) is 9.01. The maximum Gasteiger partial charge on any atom is 0.463 e. The summed E-state index contributed by atoms with van der Waals surface area (Å²) in [6.07, 6.45) is -1.04. The van der Waals surface area contributed by atoms with Gasteiger partial charge in [-0.2, -0.15) is 4.79 Å². The second-order valence-corrected chi connectivity index (χ2v) is 7.75. The lowest BCUT2D eigenvalue weighted by Crippen LogP contribution is -2.47. The van der Waals surface area contributed by atoms with E-state index >= 15 is 0 Å². The SMILES string of the molecule is CCOC(=O)C(=[N+]=[N-])C(=O)N(C(=O)OC(C)(C)C)c1cc(Br)cc(Br)c1. The van der Waals surface area contributed by atoms with E-state index in [9.17, 15) is 14.4 Å². The van der Waals surface area contributed by atoms with Crippen LogP contribution in [0, 0.1) is 0 Å². The van der Waals surface area contributed by atoms with Gasteiger partial charge in [-0.05, 0) is 45.9 Å². The molecule has 0 spiro atoms. The van der Waals surface area contributed by atoms with Crippen molar-refractivity contribution >= 4 is 61.2 Å². The Labute approximate surface area is 167 Å². The number of benzene rings is 1. The minimum absolute atomic E-state index is 0.0417. The highest BCUT2D eigenvalue weighted by atomic mass is 79.9. The molecule has 0 fully saturated rings. The average Bonchev–Trinajstić information content (AvgIpc) is 2.45. The topological polar surface area (TPSA) is 109 Å². The highest BCUT2D eigenvalue weighted by Crippen LogP contribution is 2.27. The maximum absolute atomic E-state index is 12.7. The Morgan fingerprint density at radius 1 is 1.15 bits per heavy atom. The predicted octanol–water partition coefficient (Wildman–Crippen LogP) is 3.71. The first-order chi connectivity index (χ1) is 12.0. The Morgan fingerprint density at radius 2 is 1.69 bits per heavy atom. The molecule has 0 aliphatic rings. The van der Waals surface area contributed by atoms with Crippen LogP contribution in [0.15, 0.2) is 27.1 Å². The van der Waals surface area contributed by atoms with E-state index in [2.05, 4.69) is 41.4 Å². The molecule has 0 aliphatic carbocycles. The lowest BCUT2D eigenvalue weighted by Gasteiger charge is -2.25. The van der Waals surface area contributed by atoms with Gasteiger partial charge < -0.3 is 15.0 Å². The highest BCUT2D eigenvalue weighted by molar-refractivity contribution is 9.11. The molecule has 0 heterocycles. The van der Waals surface area contributed by atoms with Gasteiger partial charge in [0.25, 0.3) is 0 Å². The summed E-state index contributed by atoms with van der Waals surface area (Å²) in [5.41, 5.74) is 7.32. The number of anilines is 1. The van der Waals surface area contributed by atoms with Crippen LogP contribution in [0.1, 0.15) is 27.7 Å². The van der Waals surface area contributed by atoms with Crippen molar-refractivity contribution in [2.45, 2.75) is 33.3 Å². The number of hydrogen-bond donors (Lipinski definition) is 0. The number of carbonyl (C=O) groups is 3. The molecule has 1 aromatic rings. The number of halogens is 2. The zero-order chi connectivity index (χ0) is 20.1. The Morgan fingerprint density at radius 3 is 2.12 bits per heavy atom. The van der Waals surface area contributed by atoms with E-state index in [1.54, 1.807) is 26.8 Å². The van der Waals surface area contributed by atoms with Crippen LogP contribution in [0.4, 0.5) is 10.5 Å². The molecule has 0 unspecified atom stereocenters. The zero-order valence-corrected chi connectivity index (χ0v) is 17.7. The van der Waals surface area contributed by atoms with Crippen LogP contribution in [-0.2, 0) is 19.1 Å². The number of hydrogen-bond acceptors (Lipinski definition) is 5. The Kier molecular flexibility index (Phi) is 7.68. The summed E-state index contributed by atoms with van der Waals surface area (Å²) in [5.74, 6) is -2.35. The molecule has 8 nitrogen and oxygen atoms in total. The summed E-state index contributed by atoms with van der Waals surface area (Å²) in [5, 5.41) is 0. The van der Waals surface area contributed by atoms with Crippen molar-refractivity contribution in [3.8, 4) is 0 Å². The average molecular weight is 491 g/mol. The first-order valence-electron chi connectivity index (χ1n) is 7.42. The smallest absolute Gasteiger partial charge is 0.457 e. The molecule has 10 heteroatoms. The van der Waals surface area contributed by atoms with Gasteiger partial charge in [0.2, 0.25) is 0 Å². The number of amides is 2. The molecule has 0 bridgehead atoms. The monoisotopic (exact) mass is 489 g/mol. The van der Waals surface area contributed by atoms with E-state index in [0.717, 1.165) is 0 Å². The van der Waals surface area contributed by atoms with Gasteiger partial charge in [0, 0.05) is 8.95 Å². The number of rotatable bonds is 4. The summed E-state index contributed by atoms with van der Waals surface area (Å²) in [6.45, 7) is 6.35. The van der Waals surface area contributed by atoms with Gasteiger partial charge in [0.1, 0.15) is 5.60 Å². The number of imide groups is 1. The number of nitrogens with zero attached hydrogens (tertiary/aromatic N) is 3. The van der Waals surface area contributed by atoms with Gasteiger partial charge in [-0.1, -0.05) is 31.9 Å². The van der Waals surface area contributed by atoms with Crippen LogP contribution < -0.4 is 4.90 Å². The summed E-state index contributed by atoms with van der Waals surface area (Å²) in [6, 6.07) is 4.62. The summed E-state index contributed by atoms with van der Waals surface area (Å²) in [7, 11) is 0. The van der Waals surface area contributed by atoms with Crippen LogP contribution in [0.2, 0.25) is 0 Å². The lowest BCUT2D eigenvalue weighted by molar-refractivity contribution is -0.141. The van der Waals surface area contributed by atoms with Gasteiger partial charge in [-0.3, -0.25) is 4.79 Å². The minimum atomic E-state index is -1.19. The van der Waals surface area contributed by atoms with Crippen molar-refractivity contribution in [1.29, 1.82) is 0 Å². The summed E-state index contributed by atoms with van der Waals surface area (Å²) < 4.78 is 11.0. The third-order valence-corrected chi connectivity index (χ3v) is 3.57. The van der Waals surface area contributed by atoms with Crippen LogP contribution in [0.25, 0.3) is 5.53 Å². The molecule has 140 valence electrons. The van der Waals surface area contributed by atoms with Gasteiger partial charge >= 0.3 is 23.7 Å². The quantitative estimate of drug-likeness (QED) is 0.210. The van der Waals surface area contributed by atoms with E-state index in [4.69, 9.17) is 10.3 Å². The molecule has 2 amide bonds. The van der Waals surface area contributed by atoms with E-state index in [1.165, 1.54) is 19.1 Å². The van der Waals surface area contributed by atoms with Crippen LogP contribution >= 0.6 is 31.9 Å². The van der Waals surface area contributed by atoms with E-state index in [0.29, 0.717) is 13.8 Å². The number of esters is 1. The molecule has 0 N–H and O–H groups in total. The fourth-order valence-corrected chi connectivity index (χ4v) is 3.03. The van der Waals surface area contributed by atoms with E-state index < -0.39 is 29.3 Å². The molecule has 1 aromatic carbocycles. The Hall–Kier alpha value is -2.03. The zero-order valence-electron chi connectivity index (χ0n) is 14.6. The summed E-state index contributed by atoms with van der Waals surface area (Å²) in [4.78, 5) is 40.5. The molecule has 1 rings (SSSR count). The molecule has 0 aliphatic heterocycles. The molecule has 0 radical (unpaired) electrons. The van der Waals surface area contributed by atoms with Crippen molar-refractivity contribution in [2.24, 2.45) is 0 Å². The first kappa shape index (κ1) is 22.0. The predicted molar refractivity (Wildman–Crippen MR) is 101 cm³/mol. The van der Waals surface area contributed by atoms with E-state index in [-0.39, 0.29) is 12.3 Å². The Balaban J connectivity index is 3.44. The van der Waals surface area contributed by atoms with Crippen molar-refractivity contribution in [2.75, 3.05) is 11.5 Å². The highest BCUT2D eigenvalue weighted by Gasteiger charge is 2.41. The van der Waals surface area contributed by atoms with Crippen molar-refractivity contribution in [3.63, 3.8) is 0 Å². The molecule has 0 aromatic heterocycles. The van der Waals surface area contributed by atoms with E-state index in [1.807, 2.05) is 0 Å². The number of ether oxygens (including phenoxy) is 2. The lowest BCUT2D eigenvalue weighted by atomic mass is 10.2. The van der Waals surface area contributed by atoms with Gasteiger partial charge in [0.05, 0.1) is 12.3 Å². The van der Waals surface area contributed by atoms with Crippen LogP contribution in [-0.4, -0.2) is 40.7 Å². The second-order valence-electron chi connectivity index (χ2n) is 5.92. The van der Waals surface area contributed by atoms with Gasteiger partial charge in [-0.25, -0.2) is 14.5 Å². The molecule has 26 heavy (non-hydrogen) atoms. The molecule has 0 saturated heterocycles. The Bertz CT molecular complexity index is 762. The summed E-state index contributed by atoms with van der Waals surface area (Å²) >= 11 is 6.52. The standard InChI is InChI=1S/C16H17Br2N3O5/c1-5-25-14(23)12(20-19)13(22)21(15(24)26-16(2,3)4)11-7-9(17)6-10(18)8-11/h6-8H,5H2,1-4H3.